The lowest BCUT2D eigenvalue weighted by atomic mass is 10.0. The number of hydrogen-bond acceptors (Lipinski definition) is 4. The Morgan fingerprint density at radius 2 is 1.75 bits per heavy atom. The Hall–Kier alpha value is -2.40. The summed E-state index contributed by atoms with van der Waals surface area (Å²) in [6.45, 7) is 0.00714. The minimum Gasteiger partial charge on any atom is -0.396 e. The Bertz CT molecular complexity index is 572. The first-order chi connectivity index (χ1) is 9.72. The van der Waals surface area contributed by atoms with Crippen LogP contribution in [0, 0.1) is 10.1 Å². The van der Waals surface area contributed by atoms with E-state index in [2.05, 4.69) is 5.32 Å². The summed E-state index contributed by atoms with van der Waals surface area (Å²) < 4.78 is 0. The first-order valence-corrected chi connectivity index (χ1v) is 6.38. The smallest absolute Gasteiger partial charge is 0.292 e. The molecule has 0 bridgehead atoms. The number of para-hydroxylation sites is 2. The van der Waals surface area contributed by atoms with Gasteiger partial charge in [-0.05, 0) is 18.1 Å². The molecule has 5 nitrogen and oxygen atoms in total. The quantitative estimate of drug-likeness (QED) is 0.625. The maximum atomic E-state index is 11.0. The second kappa shape index (κ2) is 6.68. The van der Waals surface area contributed by atoms with Gasteiger partial charge in [-0.1, -0.05) is 42.5 Å². The lowest BCUT2D eigenvalue weighted by molar-refractivity contribution is -0.384. The van der Waals surface area contributed by atoms with Crippen LogP contribution in [0.3, 0.4) is 0 Å². The van der Waals surface area contributed by atoms with Crippen LogP contribution in [-0.4, -0.2) is 16.6 Å². The fourth-order valence-corrected chi connectivity index (χ4v) is 2.08. The summed E-state index contributed by atoms with van der Waals surface area (Å²) in [5, 5.41) is 23.3. The van der Waals surface area contributed by atoms with E-state index in [9.17, 15) is 15.2 Å². The van der Waals surface area contributed by atoms with Gasteiger partial charge in [0.1, 0.15) is 5.69 Å². The highest BCUT2D eigenvalue weighted by atomic mass is 16.6. The van der Waals surface area contributed by atoms with Gasteiger partial charge in [-0.3, -0.25) is 10.1 Å². The largest absolute Gasteiger partial charge is 0.396 e. The first-order valence-electron chi connectivity index (χ1n) is 6.38. The zero-order valence-electron chi connectivity index (χ0n) is 10.9. The van der Waals surface area contributed by atoms with Gasteiger partial charge in [0.25, 0.3) is 5.69 Å². The van der Waals surface area contributed by atoms with Crippen molar-refractivity contribution in [2.75, 3.05) is 11.9 Å². The molecule has 0 saturated heterocycles. The molecule has 0 saturated carbocycles. The van der Waals surface area contributed by atoms with E-state index in [4.69, 9.17) is 0 Å². The van der Waals surface area contributed by atoms with Crippen LogP contribution in [-0.2, 0) is 0 Å². The second-order valence-electron chi connectivity index (χ2n) is 4.39. The van der Waals surface area contributed by atoms with Gasteiger partial charge >= 0.3 is 0 Å². The van der Waals surface area contributed by atoms with Gasteiger partial charge in [0.2, 0.25) is 0 Å². The summed E-state index contributed by atoms with van der Waals surface area (Å²) in [6, 6.07) is 15.9. The van der Waals surface area contributed by atoms with Crippen LogP contribution in [0.1, 0.15) is 18.0 Å². The number of aliphatic hydroxyl groups is 1. The Morgan fingerprint density at radius 3 is 2.40 bits per heavy atom. The zero-order chi connectivity index (χ0) is 14.4. The molecule has 0 radical (unpaired) electrons. The van der Waals surface area contributed by atoms with Crippen LogP contribution in [0.5, 0.6) is 0 Å². The van der Waals surface area contributed by atoms with E-state index in [0.29, 0.717) is 12.1 Å². The van der Waals surface area contributed by atoms with Crippen LogP contribution in [0.2, 0.25) is 0 Å². The minimum absolute atomic E-state index is 0.00714. The topological polar surface area (TPSA) is 75.4 Å². The fourth-order valence-electron chi connectivity index (χ4n) is 2.08. The molecule has 0 fully saturated rings. The summed E-state index contributed by atoms with van der Waals surface area (Å²) in [4.78, 5) is 10.6. The van der Waals surface area contributed by atoms with Crippen molar-refractivity contribution in [2.24, 2.45) is 0 Å². The summed E-state index contributed by atoms with van der Waals surface area (Å²) in [5.74, 6) is 0. The molecule has 0 spiro atoms. The third-order valence-corrected chi connectivity index (χ3v) is 3.05. The SMILES string of the molecule is O=[N+]([O-])c1ccccc1N[C@H](CCO)c1ccccc1. The number of nitro benzene ring substituents is 1. The van der Waals surface area contributed by atoms with Crippen molar-refractivity contribution < 1.29 is 10.0 Å². The Kier molecular flexibility index (Phi) is 4.68. The van der Waals surface area contributed by atoms with Crippen molar-refractivity contribution in [3.05, 3.63) is 70.3 Å². The van der Waals surface area contributed by atoms with E-state index in [1.54, 1.807) is 18.2 Å². The monoisotopic (exact) mass is 272 g/mol. The van der Waals surface area contributed by atoms with Crippen LogP contribution >= 0.6 is 0 Å². The lowest BCUT2D eigenvalue weighted by Gasteiger charge is -2.19. The van der Waals surface area contributed by atoms with Crippen molar-refractivity contribution in [2.45, 2.75) is 12.5 Å². The average Bonchev–Trinajstić information content (AvgIpc) is 2.48. The number of benzene rings is 2. The van der Waals surface area contributed by atoms with E-state index >= 15 is 0 Å². The molecular weight excluding hydrogens is 256 g/mol. The maximum Gasteiger partial charge on any atom is 0.292 e. The molecule has 2 rings (SSSR count). The highest BCUT2D eigenvalue weighted by molar-refractivity contribution is 5.62. The van der Waals surface area contributed by atoms with E-state index in [-0.39, 0.29) is 18.3 Å². The molecule has 0 aliphatic rings. The number of nitrogens with zero attached hydrogens (tertiary/aromatic N) is 1. The molecule has 104 valence electrons. The van der Waals surface area contributed by atoms with Gasteiger partial charge in [-0.2, -0.15) is 0 Å². The van der Waals surface area contributed by atoms with E-state index in [0.717, 1.165) is 5.56 Å². The van der Waals surface area contributed by atoms with Crippen molar-refractivity contribution in [1.29, 1.82) is 0 Å². The molecule has 1 atom stereocenters. The third-order valence-electron chi connectivity index (χ3n) is 3.05. The number of nitrogens with one attached hydrogen (secondary N) is 1. The highest BCUT2D eigenvalue weighted by Crippen LogP contribution is 2.29. The first kappa shape index (κ1) is 14.0. The second-order valence-corrected chi connectivity index (χ2v) is 4.39. The van der Waals surface area contributed by atoms with E-state index in [1.165, 1.54) is 6.07 Å². The van der Waals surface area contributed by atoms with Gasteiger partial charge in [0.05, 0.1) is 11.0 Å². The number of aliphatic hydroxyl groups excluding tert-OH is 1. The number of hydrogen-bond donors (Lipinski definition) is 2. The van der Waals surface area contributed by atoms with Crippen LogP contribution in [0.25, 0.3) is 0 Å². The molecule has 0 aliphatic heterocycles. The highest BCUT2D eigenvalue weighted by Gasteiger charge is 2.17. The molecule has 20 heavy (non-hydrogen) atoms. The van der Waals surface area contributed by atoms with Crippen LogP contribution in [0.4, 0.5) is 11.4 Å². The van der Waals surface area contributed by atoms with Gasteiger partial charge in [0, 0.05) is 12.7 Å². The Labute approximate surface area is 117 Å². The third kappa shape index (κ3) is 3.33. The minimum atomic E-state index is -0.413. The number of rotatable bonds is 6. The summed E-state index contributed by atoms with van der Waals surface area (Å²) in [7, 11) is 0. The molecular formula is C15H16N2O3. The van der Waals surface area contributed by atoms with Gasteiger partial charge in [-0.25, -0.2) is 0 Å². The summed E-state index contributed by atoms with van der Waals surface area (Å²) in [6.07, 6.45) is 0.482. The zero-order valence-corrected chi connectivity index (χ0v) is 10.9. The van der Waals surface area contributed by atoms with Crippen molar-refractivity contribution >= 4 is 11.4 Å². The molecule has 0 aliphatic carbocycles. The molecule has 2 N–H and O–H groups in total. The number of anilines is 1. The van der Waals surface area contributed by atoms with Gasteiger partial charge in [0.15, 0.2) is 0 Å². The molecule has 5 heteroatoms. The maximum absolute atomic E-state index is 11.0. The van der Waals surface area contributed by atoms with Crippen LogP contribution in [0.15, 0.2) is 54.6 Å². The predicted octanol–water partition coefficient (Wildman–Crippen LogP) is 3.13. The van der Waals surface area contributed by atoms with Gasteiger partial charge in [-0.15, -0.1) is 0 Å². The fraction of sp³-hybridized carbons (Fsp3) is 0.200. The standard InChI is InChI=1S/C15H16N2O3/c18-11-10-13(12-6-2-1-3-7-12)16-14-8-4-5-9-15(14)17(19)20/h1-9,13,16,18H,10-11H2/t13-/m1/s1. The summed E-state index contributed by atoms with van der Waals surface area (Å²) in [5.41, 5.74) is 1.48. The molecule has 0 heterocycles. The molecule has 2 aromatic carbocycles. The average molecular weight is 272 g/mol. The van der Waals surface area contributed by atoms with Crippen molar-refractivity contribution in [3.63, 3.8) is 0 Å². The van der Waals surface area contributed by atoms with E-state index in [1.807, 2.05) is 30.3 Å². The lowest BCUT2D eigenvalue weighted by Crippen LogP contribution is -2.13. The summed E-state index contributed by atoms with van der Waals surface area (Å²) >= 11 is 0. The molecule has 0 aromatic heterocycles. The Morgan fingerprint density at radius 1 is 1.10 bits per heavy atom. The van der Waals surface area contributed by atoms with Gasteiger partial charge < -0.3 is 10.4 Å². The normalized spacial score (nSPS) is 11.8. The van der Waals surface area contributed by atoms with E-state index < -0.39 is 4.92 Å². The molecule has 0 amide bonds. The number of nitro groups is 1. The van der Waals surface area contributed by atoms with Crippen LogP contribution < -0.4 is 5.32 Å². The van der Waals surface area contributed by atoms with Crippen molar-refractivity contribution in [3.8, 4) is 0 Å². The Balaban J connectivity index is 2.27. The predicted molar refractivity (Wildman–Crippen MR) is 77.6 cm³/mol. The van der Waals surface area contributed by atoms with Crippen molar-refractivity contribution in [1.82, 2.24) is 0 Å². The molecule has 2 aromatic rings. The molecule has 0 unspecified atom stereocenters.